The molecular weight excluding hydrogens is 418 g/mol. The molecule has 0 spiro atoms. The maximum absolute atomic E-state index is 13.7. The first-order chi connectivity index (χ1) is 13.8. The summed E-state index contributed by atoms with van der Waals surface area (Å²) in [7, 11) is 2.88. The van der Waals surface area contributed by atoms with Gasteiger partial charge in [0, 0.05) is 24.2 Å². The Kier molecular flexibility index (Phi) is 7.70. The van der Waals surface area contributed by atoms with E-state index in [9.17, 15) is 9.18 Å². The van der Waals surface area contributed by atoms with Gasteiger partial charge in [-0.1, -0.05) is 41.9 Å². The molecule has 8 heteroatoms. The van der Waals surface area contributed by atoms with Crippen LogP contribution in [0.3, 0.4) is 0 Å². The van der Waals surface area contributed by atoms with Crippen molar-refractivity contribution in [2.75, 3.05) is 19.1 Å². The molecule has 2 aromatic rings. The van der Waals surface area contributed by atoms with Crippen LogP contribution in [0, 0.1) is 5.82 Å². The number of amides is 1. The molecule has 0 saturated carbocycles. The number of anilines is 1. The highest BCUT2D eigenvalue weighted by Gasteiger charge is 2.22. The highest BCUT2D eigenvalue weighted by molar-refractivity contribution is 6.34. The van der Waals surface area contributed by atoms with Crippen LogP contribution in [0.4, 0.5) is 10.1 Å². The van der Waals surface area contributed by atoms with Gasteiger partial charge in [-0.15, -0.1) is 0 Å². The average Bonchev–Trinajstić information content (AvgIpc) is 2.70. The number of nitrogens with two attached hydrogens (primary N) is 1. The lowest BCUT2D eigenvalue weighted by Crippen LogP contribution is -2.30. The Morgan fingerprint density at radius 3 is 2.59 bits per heavy atom. The van der Waals surface area contributed by atoms with E-state index < -0.39 is 11.7 Å². The van der Waals surface area contributed by atoms with Gasteiger partial charge >= 0.3 is 0 Å². The van der Waals surface area contributed by atoms with Crippen LogP contribution in [-0.2, 0) is 4.79 Å². The van der Waals surface area contributed by atoms with Crippen molar-refractivity contribution in [3.63, 3.8) is 0 Å². The second-order valence-electron chi connectivity index (χ2n) is 5.73. The minimum Gasteiger partial charge on any atom is -0.495 e. The Morgan fingerprint density at radius 1 is 1.21 bits per heavy atom. The molecule has 0 aliphatic carbocycles. The summed E-state index contributed by atoms with van der Waals surface area (Å²) in [6, 6.07) is 8.42. The lowest BCUT2D eigenvalue weighted by atomic mass is 10.2. The lowest BCUT2D eigenvalue weighted by Gasteiger charge is -2.21. The number of carbonyl (C=O) groups excluding carboxylic acids is 1. The van der Waals surface area contributed by atoms with Crippen LogP contribution >= 0.6 is 23.2 Å². The zero-order valence-electron chi connectivity index (χ0n) is 15.8. The van der Waals surface area contributed by atoms with E-state index in [0.29, 0.717) is 10.8 Å². The summed E-state index contributed by atoms with van der Waals surface area (Å²) in [5, 5.41) is 0.644. The van der Waals surface area contributed by atoms with Crippen LogP contribution in [0.25, 0.3) is 0 Å². The second-order valence-corrected chi connectivity index (χ2v) is 6.57. The number of halogens is 3. The second kappa shape index (κ2) is 10.0. The quantitative estimate of drug-likeness (QED) is 0.372. The third-order valence-corrected chi connectivity index (χ3v) is 4.36. The van der Waals surface area contributed by atoms with Gasteiger partial charge in [0.15, 0.2) is 0 Å². The molecule has 5 nitrogen and oxygen atoms in total. The van der Waals surface area contributed by atoms with Gasteiger partial charge in [-0.25, -0.2) is 4.39 Å². The van der Waals surface area contributed by atoms with Crippen molar-refractivity contribution in [3.05, 3.63) is 88.5 Å². The predicted octanol–water partition coefficient (Wildman–Crippen LogP) is 5.10. The number of benzene rings is 2. The first kappa shape index (κ1) is 22.3. The SMILES string of the molecule is C=C/C=C\C(C(=O)N(C)c1cc(F)ccc1OC)=C(/N)Oc1cc(Cl)ccc1Cl. The van der Waals surface area contributed by atoms with Crippen LogP contribution in [0.15, 0.2) is 72.7 Å². The number of nitrogens with zero attached hydrogens (tertiary/aromatic N) is 1. The van der Waals surface area contributed by atoms with E-state index >= 15 is 0 Å². The summed E-state index contributed by atoms with van der Waals surface area (Å²) in [6.07, 6.45) is 4.40. The fourth-order valence-corrected chi connectivity index (χ4v) is 2.69. The van der Waals surface area contributed by atoms with Crippen molar-refractivity contribution in [1.29, 1.82) is 0 Å². The van der Waals surface area contributed by atoms with Gasteiger partial charge in [0.1, 0.15) is 17.3 Å². The molecule has 0 saturated heterocycles. The number of likely N-dealkylation sites (N-methyl/N-ethyl adjacent to an activating group) is 1. The van der Waals surface area contributed by atoms with Crippen LogP contribution in [0.1, 0.15) is 0 Å². The molecule has 0 fully saturated rings. The lowest BCUT2D eigenvalue weighted by molar-refractivity contribution is -0.114. The zero-order chi connectivity index (χ0) is 21.6. The monoisotopic (exact) mass is 436 g/mol. The molecular formula is C21H19Cl2FN2O3. The van der Waals surface area contributed by atoms with Crippen LogP contribution in [-0.4, -0.2) is 20.1 Å². The van der Waals surface area contributed by atoms with Crippen molar-refractivity contribution in [2.24, 2.45) is 5.73 Å². The molecule has 2 aromatic carbocycles. The van der Waals surface area contributed by atoms with Gasteiger partial charge in [0.2, 0.25) is 5.88 Å². The maximum atomic E-state index is 13.7. The number of ether oxygens (including phenoxy) is 2. The van der Waals surface area contributed by atoms with E-state index in [-0.39, 0.29) is 27.9 Å². The maximum Gasteiger partial charge on any atom is 0.263 e. The molecule has 29 heavy (non-hydrogen) atoms. The van der Waals surface area contributed by atoms with Gasteiger partial charge in [0.25, 0.3) is 5.91 Å². The summed E-state index contributed by atoms with van der Waals surface area (Å²) >= 11 is 12.1. The highest BCUT2D eigenvalue weighted by Crippen LogP contribution is 2.31. The minimum absolute atomic E-state index is 0.00486. The van der Waals surface area contributed by atoms with E-state index in [1.165, 1.54) is 67.6 Å². The molecule has 0 atom stereocenters. The largest absolute Gasteiger partial charge is 0.495 e. The van der Waals surface area contributed by atoms with E-state index in [1.54, 1.807) is 6.07 Å². The van der Waals surface area contributed by atoms with Crippen molar-refractivity contribution in [1.82, 2.24) is 0 Å². The molecule has 0 bridgehead atoms. The van der Waals surface area contributed by atoms with Gasteiger partial charge in [0.05, 0.1) is 23.4 Å². The van der Waals surface area contributed by atoms with Crippen molar-refractivity contribution in [2.45, 2.75) is 0 Å². The number of hydrogen-bond donors (Lipinski definition) is 1. The summed E-state index contributed by atoms with van der Waals surface area (Å²) in [6.45, 7) is 3.58. The standard InChI is InChI=1S/C21H19Cl2FN2O3/c1-4-5-6-15(20(25)29-19-11-13(22)7-9-16(19)23)21(27)26(2)17-12-14(24)8-10-18(17)28-3/h4-12H,1,25H2,2-3H3/b6-5-,20-15-. The normalized spacial score (nSPS) is 11.8. The predicted molar refractivity (Wildman–Crippen MR) is 114 cm³/mol. The Morgan fingerprint density at radius 2 is 1.93 bits per heavy atom. The third-order valence-electron chi connectivity index (χ3n) is 3.81. The van der Waals surface area contributed by atoms with Crippen molar-refractivity contribution >= 4 is 34.8 Å². The fraction of sp³-hybridized carbons (Fsp3) is 0.0952. The van der Waals surface area contributed by atoms with E-state index in [1.807, 2.05) is 0 Å². The topological polar surface area (TPSA) is 64.8 Å². The zero-order valence-corrected chi connectivity index (χ0v) is 17.3. The minimum atomic E-state index is -0.567. The van der Waals surface area contributed by atoms with Crippen LogP contribution < -0.4 is 20.1 Å². The molecule has 0 aliphatic rings. The smallest absolute Gasteiger partial charge is 0.263 e. The van der Waals surface area contributed by atoms with Crippen LogP contribution in [0.5, 0.6) is 11.5 Å². The van der Waals surface area contributed by atoms with Gasteiger partial charge in [-0.2, -0.15) is 0 Å². The Hall–Kier alpha value is -2.96. The average molecular weight is 437 g/mol. The highest BCUT2D eigenvalue weighted by atomic mass is 35.5. The number of hydrogen-bond acceptors (Lipinski definition) is 4. The summed E-state index contributed by atoms with van der Waals surface area (Å²) in [5.74, 6) is -0.823. The van der Waals surface area contributed by atoms with Gasteiger partial charge in [-0.3, -0.25) is 4.79 Å². The van der Waals surface area contributed by atoms with Gasteiger partial charge in [-0.05, 0) is 30.3 Å². The molecule has 0 radical (unpaired) electrons. The summed E-state index contributed by atoms with van der Waals surface area (Å²) < 4.78 is 24.5. The third kappa shape index (κ3) is 5.53. The van der Waals surface area contributed by atoms with E-state index in [4.69, 9.17) is 38.4 Å². The molecule has 0 heterocycles. The van der Waals surface area contributed by atoms with Crippen molar-refractivity contribution in [3.8, 4) is 11.5 Å². The molecule has 152 valence electrons. The van der Waals surface area contributed by atoms with E-state index in [0.717, 1.165) is 0 Å². The Bertz CT molecular complexity index is 990. The summed E-state index contributed by atoms with van der Waals surface area (Å²) in [5.41, 5.74) is 6.26. The number of rotatable bonds is 7. The first-order valence-corrected chi connectivity index (χ1v) is 9.07. The number of carbonyl (C=O) groups is 1. The molecule has 2 rings (SSSR count). The first-order valence-electron chi connectivity index (χ1n) is 8.31. The number of allylic oxidation sites excluding steroid dienone is 2. The fourth-order valence-electron chi connectivity index (χ4n) is 2.37. The van der Waals surface area contributed by atoms with E-state index in [2.05, 4.69) is 6.58 Å². The molecule has 0 unspecified atom stereocenters. The molecule has 0 aliphatic heterocycles. The molecule has 2 N–H and O–H groups in total. The molecule has 1 amide bonds. The molecule has 0 aromatic heterocycles. The van der Waals surface area contributed by atoms with Crippen LogP contribution in [0.2, 0.25) is 10.0 Å². The number of methoxy groups -OCH3 is 1. The Labute approximate surface area is 178 Å². The summed E-state index contributed by atoms with van der Waals surface area (Å²) in [4.78, 5) is 14.3. The van der Waals surface area contributed by atoms with Gasteiger partial charge < -0.3 is 20.1 Å². The van der Waals surface area contributed by atoms with Crippen molar-refractivity contribution < 1.29 is 18.7 Å². The Balaban J connectivity index is 2.48.